The molecule has 0 aliphatic heterocycles. The summed E-state index contributed by atoms with van der Waals surface area (Å²) in [5, 5.41) is 7.96. The molecule has 0 unspecified atom stereocenters. The molecule has 2 heterocycles. The topological polar surface area (TPSA) is 55.6 Å². The second-order valence-electron chi connectivity index (χ2n) is 5.08. The zero-order valence-corrected chi connectivity index (χ0v) is 12.4. The molecule has 1 N–H and O–H groups in total. The van der Waals surface area contributed by atoms with E-state index in [9.17, 15) is 0 Å². The first kappa shape index (κ1) is 13.5. The Labute approximate surface area is 124 Å². The van der Waals surface area contributed by atoms with E-state index in [0.29, 0.717) is 0 Å². The van der Waals surface area contributed by atoms with Gasteiger partial charge < -0.3 is 5.32 Å². The van der Waals surface area contributed by atoms with E-state index in [1.807, 2.05) is 29.9 Å². The third kappa shape index (κ3) is 2.72. The smallest absolute Gasteiger partial charge is 0.155 e. The van der Waals surface area contributed by atoms with E-state index in [-0.39, 0.29) is 0 Å². The summed E-state index contributed by atoms with van der Waals surface area (Å²) >= 11 is 0. The van der Waals surface area contributed by atoms with Crippen molar-refractivity contribution in [1.82, 2.24) is 19.7 Å². The van der Waals surface area contributed by atoms with Gasteiger partial charge in [0.05, 0.1) is 5.69 Å². The van der Waals surface area contributed by atoms with E-state index in [1.165, 1.54) is 5.56 Å². The van der Waals surface area contributed by atoms with Crippen LogP contribution in [0.2, 0.25) is 0 Å². The van der Waals surface area contributed by atoms with Gasteiger partial charge in [-0.25, -0.2) is 9.97 Å². The van der Waals surface area contributed by atoms with Gasteiger partial charge in [0.15, 0.2) is 5.82 Å². The molecule has 1 aromatic carbocycles. The zero-order valence-electron chi connectivity index (χ0n) is 12.4. The average Bonchev–Trinajstić information content (AvgIpc) is 2.84. The molecule has 0 bridgehead atoms. The largest absolute Gasteiger partial charge is 0.364 e. The van der Waals surface area contributed by atoms with Gasteiger partial charge in [0.25, 0.3) is 0 Å². The van der Waals surface area contributed by atoms with Crippen molar-refractivity contribution in [2.75, 3.05) is 5.32 Å². The molecule has 108 valence electrons. The number of nitrogens with zero attached hydrogens (tertiary/aromatic N) is 4. The van der Waals surface area contributed by atoms with Crippen LogP contribution in [0.4, 0.5) is 5.82 Å². The summed E-state index contributed by atoms with van der Waals surface area (Å²) in [5.41, 5.74) is 4.18. The summed E-state index contributed by atoms with van der Waals surface area (Å²) in [6, 6.07) is 10.3. The van der Waals surface area contributed by atoms with Gasteiger partial charge >= 0.3 is 0 Å². The first-order valence-corrected chi connectivity index (χ1v) is 7.24. The number of aryl methyl sites for hydroxylation is 2. The number of anilines is 1. The summed E-state index contributed by atoms with van der Waals surface area (Å²) in [4.78, 5) is 8.77. The van der Waals surface area contributed by atoms with Gasteiger partial charge in [-0.1, -0.05) is 43.7 Å². The van der Waals surface area contributed by atoms with Crippen molar-refractivity contribution in [3.05, 3.63) is 47.9 Å². The van der Waals surface area contributed by atoms with Crippen molar-refractivity contribution in [3.8, 4) is 0 Å². The fraction of sp³-hybridized carbons (Fsp3) is 0.312. The lowest BCUT2D eigenvalue weighted by atomic mass is 10.2. The summed E-state index contributed by atoms with van der Waals surface area (Å²) < 4.78 is 1.87. The minimum atomic E-state index is 0.737. The lowest BCUT2D eigenvalue weighted by Crippen LogP contribution is -2.04. The predicted octanol–water partition coefficient (Wildman–Crippen LogP) is 2.93. The maximum atomic E-state index is 4.57. The van der Waals surface area contributed by atoms with Crippen molar-refractivity contribution in [2.45, 2.75) is 26.3 Å². The molecule has 0 aliphatic carbocycles. The third-order valence-electron chi connectivity index (χ3n) is 3.48. The maximum Gasteiger partial charge on any atom is 0.155 e. The summed E-state index contributed by atoms with van der Waals surface area (Å²) in [6.45, 7) is 2.89. The van der Waals surface area contributed by atoms with Gasteiger partial charge in [-0.15, -0.1) is 0 Å². The molecular formula is C16H19N5. The molecular weight excluding hydrogens is 262 g/mol. The second-order valence-corrected chi connectivity index (χ2v) is 5.08. The molecule has 3 rings (SSSR count). The Kier molecular flexibility index (Phi) is 3.81. The molecule has 21 heavy (non-hydrogen) atoms. The highest BCUT2D eigenvalue weighted by Gasteiger charge is 2.13. The highest BCUT2D eigenvalue weighted by atomic mass is 15.3. The Bertz CT molecular complexity index is 733. The van der Waals surface area contributed by atoms with Crippen LogP contribution in [0.3, 0.4) is 0 Å². The van der Waals surface area contributed by atoms with Crippen molar-refractivity contribution in [3.63, 3.8) is 0 Å². The van der Waals surface area contributed by atoms with Crippen LogP contribution in [-0.2, 0) is 20.0 Å². The number of hydrogen-bond acceptors (Lipinski definition) is 4. The Morgan fingerprint density at radius 3 is 2.71 bits per heavy atom. The summed E-state index contributed by atoms with van der Waals surface area (Å²) in [7, 11) is 1.94. The first-order valence-electron chi connectivity index (χ1n) is 7.24. The normalized spacial score (nSPS) is 11.0. The first-order chi connectivity index (χ1) is 10.3. The number of benzene rings is 1. The predicted molar refractivity (Wildman–Crippen MR) is 84.1 cm³/mol. The number of nitrogens with one attached hydrogen (secondary N) is 1. The van der Waals surface area contributed by atoms with Gasteiger partial charge in [-0.2, -0.15) is 5.10 Å². The Balaban J connectivity index is 1.92. The van der Waals surface area contributed by atoms with Crippen molar-refractivity contribution >= 4 is 16.9 Å². The molecule has 5 nitrogen and oxygen atoms in total. The molecule has 0 radical (unpaired) electrons. The minimum Gasteiger partial charge on any atom is -0.364 e. The Morgan fingerprint density at radius 1 is 1.14 bits per heavy atom. The van der Waals surface area contributed by atoms with Crippen LogP contribution in [0.5, 0.6) is 0 Å². The van der Waals surface area contributed by atoms with Crippen LogP contribution in [0, 0.1) is 0 Å². The summed E-state index contributed by atoms with van der Waals surface area (Å²) in [6.07, 6.45) is 3.60. The molecule has 0 saturated heterocycles. The van der Waals surface area contributed by atoms with Crippen LogP contribution in [0.15, 0.2) is 36.7 Å². The quantitative estimate of drug-likeness (QED) is 0.781. The fourth-order valence-electron chi connectivity index (χ4n) is 2.49. The SMILES string of the molecule is CCCc1nn(C)c2c(NCc3ccccc3)ncnc12. The zero-order chi connectivity index (χ0) is 14.7. The monoisotopic (exact) mass is 281 g/mol. The van der Waals surface area contributed by atoms with Crippen molar-refractivity contribution < 1.29 is 0 Å². The van der Waals surface area contributed by atoms with Gasteiger partial charge in [0.2, 0.25) is 0 Å². The minimum absolute atomic E-state index is 0.737. The number of rotatable bonds is 5. The van der Waals surface area contributed by atoms with Gasteiger partial charge in [-0.05, 0) is 12.0 Å². The standard InChI is InChI=1S/C16H19N5/c1-3-7-13-14-15(21(2)20-13)16(19-11-18-14)17-10-12-8-5-4-6-9-12/h4-6,8-9,11H,3,7,10H2,1-2H3,(H,17,18,19). The lowest BCUT2D eigenvalue weighted by molar-refractivity contribution is 0.752. The summed E-state index contributed by atoms with van der Waals surface area (Å²) in [5.74, 6) is 0.834. The van der Waals surface area contributed by atoms with E-state index in [2.05, 4.69) is 39.4 Å². The van der Waals surface area contributed by atoms with E-state index in [1.54, 1.807) is 6.33 Å². The van der Waals surface area contributed by atoms with Crippen molar-refractivity contribution in [1.29, 1.82) is 0 Å². The van der Waals surface area contributed by atoms with Gasteiger partial charge in [0.1, 0.15) is 17.4 Å². The highest BCUT2D eigenvalue weighted by molar-refractivity contribution is 5.87. The fourth-order valence-corrected chi connectivity index (χ4v) is 2.49. The Hall–Kier alpha value is -2.43. The molecule has 0 spiro atoms. The molecule has 2 aromatic heterocycles. The van der Waals surface area contributed by atoms with E-state index in [0.717, 1.165) is 41.9 Å². The van der Waals surface area contributed by atoms with Crippen LogP contribution < -0.4 is 5.32 Å². The van der Waals surface area contributed by atoms with Crippen LogP contribution in [0.1, 0.15) is 24.6 Å². The molecule has 0 atom stereocenters. The number of fused-ring (bicyclic) bond motifs is 1. The lowest BCUT2D eigenvalue weighted by Gasteiger charge is -2.07. The van der Waals surface area contributed by atoms with Crippen molar-refractivity contribution in [2.24, 2.45) is 7.05 Å². The van der Waals surface area contributed by atoms with Crippen LogP contribution in [-0.4, -0.2) is 19.7 Å². The Morgan fingerprint density at radius 2 is 1.95 bits per heavy atom. The van der Waals surface area contributed by atoms with E-state index < -0.39 is 0 Å². The average molecular weight is 281 g/mol. The molecule has 0 amide bonds. The second kappa shape index (κ2) is 5.91. The van der Waals surface area contributed by atoms with E-state index >= 15 is 0 Å². The molecule has 5 heteroatoms. The van der Waals surface area contributed by atoms with Crippen LogP contribution in [0.25, 0.3) is 11.0 Å². The molecule has 0 saturated carbocycles. The number of aromatic nitrogens is 4. The highest BCUT2D eigenvalue weighted by Crippen LogP contribution is 2.22. The van der Waals surface area contributed by atoms with Gasteiger partial charge in [0, 0.05) is 13.6 Å². The third-order valence-corrected chi connectivity index (χ3v) is 3.48. The maximum absolute atomic E-state index is 4.57. The van der Waals surface area contributed by atoms with Crippen LogP contribution >= 0.6 is 0 Å². The number of hydrogen-bond donors (Lipinski definition) is 1. The molecule has 0 aliphatic rings. The van der Waals surface area contributed by atoms with E-state index in [4.69, 9.17) is 0 Å². The molecule has 3 aromatic rings. The molecule has 0 fully saturated rings. The van der Waals surface area contributed by atoms with Gasteiger partial charge in [-0.3, -0.25) is 4.68 Å².